The van der Waals surface area contributed by atoms with Crippen LogP contribution in [0.25, 0.3) is 5.57 Å². The Morgan fingerprint density at radius 2 is 1.85 bits per heavy atom. The summed E-state index contributed by atoms with van der Waals surface area (Å²) >= 11 is 6.30. The topological polar surface area (TPSA) is 65.1 Å². The van der Waals surface area contributed by atoms with Gasteiger partial charge in [0.05, 0.1) is 11.0 Å². The number of hydrogen-bond donors (Lipinski definition) is 0. The Morgan fingerprint density at radius 1 is 1.23 bits per heavy atom. The van der Waals surface area contributed by atoms with Crippen molar-refractivity contribution in [2.75, 3.05) is 13.9 Å². The van der Waals surface area contributed by atoms with Crippen molar-refractivity contribution in [1.29, 1.82) is 0 Å². The van der Waals surface area contributed by atoms with E-state index in [1.54, 1.807) is 58.9 Å². The van der Waals surface area contributed by atoms with E-state index < -0.39 is 22.8 Å². The Morgan fingerprint density at radius 3 is 2.38 bits per heavy atom. The number of halogens is 1. The molecule has 0 bridgehead atoms. The van der Waals surface area contributed by atoms with Crippen LogP contribution in [0.1, 0.15) is 40.2 Å². The molecule has 1 amide bonds. The smallest absolute Gasteiger partial charge is 0.316 e. The summed E-state index contributed by atoms with van der Waals surface area (Å²) in [5.74, 6) is -0.699. The van der Waals surface area contributed by atoms with Crippen LogP contribution in [0.3, 0.4) is 0 Å². The van der Waals surface area contributed by atoms with Gasteiger partial charge in [0.2, 0.25) is 0 Å². The number of hydroxylamine groups is 2. The minimum Gasteiger partial charge on any atom is -0.427 e. The van der Waals surface area contributed by atoms with Crippen LogP contribution in [0.5, 0.6) is 0 Å². The first-order valence-corrected chi connectivity index (χ1v) is 8.58. The van der Waals surface area contributed by atoms with Gasteiger partial charge in [0.25, 0.3) is 5.91 Å². The van der Waals surface area contributed by atoms with Gasteiger partial charge in [0.1, 0.15) is 11.3 Å². The van der Waals surface area contributed by atoms with Crippen LogP contribution in [-0.4, -0.2) is 36.4 Å². The molecule has 0 atom stereocenters. The van der Waals surface area contributed by atoms with E-state index in [4.69, 9.17) is 25.9 Å². The fourth-order valence-electron chi connectivity index (χ4n) is 2.50. The van der Waals surface area contributed by atoms with Gasteiger partial charge in [0, 0.05) is 17.7 Å². The zero-order valence-electron chi connectivity index (χ0n) is 15.9. The van der Waals surface area contributed by atoms with Gasteiger partial charge >= 0.3 is 5.97 Å². The van der Waals surface area contributed by atoms with Crippen molar-refractivity contribution in [3.8, 4) is 0 Å². The lowest BCUT2D eigenvalue weighted by atomic mass is 9.95. The van der Waals surface area contributed by atoms with E-state index in [2.05, 4.69) is 0 Å². The maximum atomic E-state index is 13.1. The van der Waals surface area contributed by atoms with Gasteiger partial charge in [-0.15, -0.1) is 0 Å². The number of carbonyl (C=O) groups excluding carboxylic acids is 2. The molecule has 0 radical (unpaired) electrons. The molecule has 1 aliphatic heterocycles. The molecule has 6 nitrogen and oxygen atoms in total. The first-order valence-electron chi connectivity index (χ1n) is 8.20. The zero-order valence-corrected chi connectivity index (χ0v) is 16.6. The van der Waals surface area contributed by atoms with Crippen LogP contribution >= 0.6 is 11.6 Å². The van der Waals surface area contributed by atoms with E-state index >= 15 is 0 Å². The lowest BCUT2D eigenvalue weighted by Gasteiger charge is -2.32. The molecule has 2 rings (SSSR count). The van der Waals surface area contributed by atoms with E-state index in [0.717, 1.165) is 5.06 Å². The summed E-state index contributed by atoms with van der Waals surface area (Å²) in [5.41, 5.74) is -1.08. The van der Waals surface area contributed by atoms with Crippen LogP contribution in [0.15, 0.2) is 30.0 Å². The molecule has 0 fully saturated rings. The molecule has 0 spiro atoms. The van der Waals surface area contributed by atoms with Crippen molar-refractivity contribution < 1.29 is 23.9 Å². The number of methoxy groups -OCH3 is 1. The van der Waals surface area contributed by atoms with Gasteiger partial charge in [-0.25, -0.2) is 9.90 Å². The first-order chi connectivity index (χ1) is 12.0. The van der Waals surface area contributed by atoms with Crippen molar-refractivity contribution in [3.05, 3.63) is 40.6 Å². The molecule has 0 unspecified atom stereocenters. The molecule has 26 heavy (non-hydrogen) atoms. The highest BCUT2D eigenvalue weighted by Gasteiger charge is 2.50. The summed E-state index contributed by atoms with van der Waals surface area (Å²) in [6.45, 7) is 8.58. The predicted octanol–water partition coefficient (Wildman–Crippen LogP) is 3.80. The molecule has 1 aromatic carbocycles. The van der Waals surface area contributed by atoms with Crippen molar-refractivity contribution in [2.24, 2.45) is 5.41 Å². The van der Waals surface area contributed by atoms with Crippen LogP contribution < -0.4 is 0 Å². The van der Waals surface area contributed by atoms with E-state index in [-0.39, 0.29) is 18.1 Å². The number of esters is 1. The molecule has 1 aliphatic rings. The fraction of sp³-hybridized carbons (Fsp3) is 0.474. The molecule has 0 aliphatic carbocycles. The Labute approximate surface area is 158 Å². The molecule has 0 N–H and O–H groups in total. The number of amides is 1. The van der Waals surface area contributed by atoms with Crippen LogP contribution in [0, 0.1) is 5.41 Å². The average Bonchev–Trinajstić information content (AvgIpc) is 2.72. The summed E-state index contributed by atoms with van der Waals surface area (Å²) < 4.78 is 10.6. The summed E-state index contributed by atoms with van der Waals surface area (Å²) in [6, 6.07) is 6.90. The van der Waals surface area contributed by atoms with E-state index in [1.165, 1.54) is 7.11 Å². The molecule has 142 valence electrons. The lowest BCUT2D eigenvalue weighted by Crippen LogP contribution is -2.45. The molecule has 0 saturated carbocycles. The summed E-state index contributed by atoms with van der Waals surface area (Å²) in [5, 5.41) is 1.53. The molecular formula is C19H24ClNO5. The molecule has 0 saturated heterocycles. The quantitative estimate of drug-likeness (QED) is 0.573. The van der Waals surface area contributed by atoms with Gasteiger partial charge in [-0.2, -0.15) is 0 Å². The maximum Gasteiger partial charge on any atom is 0.316 e. The molecular weight excluding hydrogens is 358 g/mol. The van der Waals surface area contributed by atoms with Crippen LogP contribution in [-0.2, 0) is 23.9 Å². The zero-order chi connectivity index (χ0) is 19.7. The summed E-state index contributed by atoms with van der Waals surface area (Å²) in [4.78, 5) is 31.0. The second kappa shape index (κ2) is 7.39. The minimum absolute atomic E-state index is 0.120. The second-order valence-corrected chi connectivity index (χ2v) is 7.92. The summed E-state index contributed by atoms with van der Waals surface area (Å²) in [6.07, 6.45) is 0. The second-order valence-electron chi connectivity index (χ2n) is 7.52. The van der Waals surface area contributed by atoms with Crippen molar-refractivity contribution in [2.45, 2.75) is 40.2 Å². The Kier molecular flexibility index (Phi) is 5.80. The minimum atomic E-state index is -1.02. The van der Waals surface area contributed by atoms with Crippen molar-refractivity contribution in [3.63, 3.8) is 0 Å². The van der Waals surface area contributed by atoms with Gasteiger partial charge < -0.3 is 9.47 Å². The molecule has 1 heterocycles. The van der Waals surface area contributed by atoms with Gasteiger partial charge in [0.15, 0.2) is 6.79 Å². The Balaban J connectivity index is 2.60. The van der Waals surface area contributed by atoms with E-state index in [0.29, 0.717) is 10.6 Å². The SMILES string of the molecule is COCON1C(=O)C(c2ccccc2Cl)=C(OC(=O)C(C)(C)C)C1(C)C. The van der Waals surface area contributed by atoms with Crippen molar-refractivity contribution in [1.82, 2.24) is 5.06 Å². The number of nitrogens with zero attached hydrogens (tertiary/aromatic N) is 1. The highest BCUT2D eigenvalue weighted by Crippen LogP contribution is 2.43. The average molecular weight is 382 g/mol. The highest BCUT2D eigenvalue weighted by atomic mass is 35.5. The third kappa shape index (κ3) is 3.77. The third-order valence-electron chi connectivity index (χ3n) is 3.94. The van der Waals surface area contributed by atoms with Gasteiger partial charge in [-0.3, -0.25) is 9.59 Å². The number of ether oxygens (including phenoxy) is 2. The number of carbonyl (C=O) groups is 2. The standard InChI is InChI=1S/C19H24ClNO5/c1-18(2,3)17(23)26-15-14(12-9-7-8-10-13(12)20)16(22)21(19(15,4)5)25-11-24-6/h7-10H,11H2,1-6H3. The van der Waals surface area contributed by atoms with Gasteiger partial charge in [-0.05, 0) is 40.7 Å². The fourth-order valence-corrected chi connectivity index (χ4v) is 2.73. The Bertz CT molecular complexity index is 749. The normalized spacial score (nSPS) is 17.0. The van der Waals surface area contributed by atoms with E-state index in [9.17, 15) is 9.59 Å². The maximum absolute atomic E-state index is 13.1. The van der Waals surface area contributed by atoms with Crippen molar-refractivity contribution >= 4 is 29.1 Å². The lowest BCUT2D eigenvalue weighted by molar-refractivity contribution is -0.239. The van der Waals surface area contributed by atoms with Crippen LogP contribution in [0.2, 0.25) is 5.02 Å². The number of benzene rings is 1. The third-order valence-corrected chi connectivity index (χ3v) is 4.27. The molecule has 1 aromatic rings. The first kappa shape index (κ1) is 20.4. The summed E-state index contributed by atoms with van der Waals surface area (Å²) in [7, 11) is 1.45. The predicted molar refractivity (Wildman–Crippen MR) is 97.8 cm³/mol. The monoisotopic (exact) mass is 381 g/mol. The van der Waals surface area contributed by atoms with E-state index in [1.807, 2.05) is 0 Å². The number of hydrogen-bond acceptors (Lipinski definition) is 5. The number of rotatable bonds is 5. The Hall–Kier alpha value is -1.89. The van der Waals surface area contributed by atoms with Crippen LogP contribution in [0.4, 0.5) is 0 Å². The molecule has 0 aromatic heterocycles. The largest absolute Gasteiger partial charge is 0.427 e. The highest BCUT2D eigenvalue weighted by molar-refractivity contribution is 6.35. The molecule has 7 heteroatoms. The van der Waals surface area contributed by atoms with Gasteiger partial charge in [-0.1, -0.05) is 29.8 Å².